The summed E-state index contributed by atoms with van der Waals surface area (Å²) in [4.78, 5) is 30.5. The van der Waals surface area contributed by atoms with Crippen LogP contribution in [0.15, 0.2) is 48.8 Å². The fourth-order valence-corrected chi connectivity index (χ4v) is 7.22. The summed E-state index contributed by atoms with van der Waals surface area (Å²) >= 11 is 6.68. The number of ether oxygens (including phenoxy) is 2. The van der Waals surface area contributed by atoms with E-state index in [1.165, 1.54) is 4.90 Å². The molecule has 0 N–H and O–H groups in total. The quantitative estimate of drug-likeness (QED) is 0.279. The first kappa shape index (κ1) is 28.3. The third-order valence-corrected chi connectivity index (χ3v) is 9.44. The van der Waals surface area contributed by atoms with Crippen LogP contribution < -0.4 is 14.5 Å². The fourth-order valence-electron chi connectivity index (χ4n) is 6.94. The van der Waals surface area contributed by atoms with E-state index in [2.05, 4.69) is 45.5 Å². The van der Waals surface area contributed by atoms with E-state index in [9.17, 15) is 9.18 Å². The number of nitrogens with zero attached hydrogens (tertiary/aromatic N) is 6. The summed E-state index contributed by atoms with van der Waals surface area (Å²) in [5.74, 6) is -0.724. The van der Waals surface area contributed by atoms with E-state index in [-0.39, 0.29) is 0 Å². The largest absolute Gasteiger partial charge is 0.463 e. The van der Waals surface area contributed by atoms with Gasteiger partial charge in [-0.1, -0.05) is 42.4 Å². The Bertz CT molecular complexity index is 1540. The molecular formula is C32H36ClFN6O3. The van der Waals surface area contributed by atoms with E-state index >= 15 is 0 Å². The number of anilines is 2. The van der Waals surface area contributed by atoms with Crippen molar-refractivity contribution in [3.8, 4) is 6.01 Å². The van der Waals surface area contributed by atoms with E-state index in [1.54, 1.807) is 0 Å². The van der Waals surface area contributed by atoms with Crippen molar-refractivity contribution in [2.24, 2.45) is 0 Å². The lowest BCUT2D eigenvalue weighted by Gasteiger charge is -2.38. The third kappa shape index (κ3) is 5.63. The molecule has 43 heavy (non-hydrogen) atoms. The molecule has 1 aromatic heterocycles. The SMILES string of the molecule is C=C(F)C(=O)N1CCN(c2nc(OCCCN3C[C@@H]4C[C@H]3CO4)nc3c2CCN(c2cccc4cccc(Cl)c24)C3)CC1. The predicted octanol–water partition coefficient (Wildman–Crippen LogP) is 4.22. The average molecular weight is 607 g/mol. The van der Waals surface area contributed by atoms with Crippen LogP contribution in [-0.2, 0) is 22.5 Å². The Kier molecular flexibility index (Phi) is 7.83. The molecule has 2 bridgehead atoms. The molecule has 5 heterocycles. The van der Waals surface area contributed by atoms with Gasteiger partial charge in [0.2, 0.25) is 0 Å². The molecule has 2 atom stereocenters. The Hall–Kier alpha value is -3.47. The van der Waals surface area contributed by atoms with Crippen molar-refractivity contribution in [3.63, 3.8) is 0 Å². The molecule has 9 nitrogen and oxygen atoms in total. The van der Waals surface area contributed by atoms with Gasteiger partial charge in [0.05, 0.1) is 36.6 Å². The normalized spacial score (nSPS) is 21.9. The second-order valence-electron chi connectivity index (χ2n) is 11.8. The van der Waals surface area contributed by atoms with Gasteiger partial charge in [-0.2, -0.15) is 9.97 Å². The smallest absolute Gasteiger partial charge is 0.318 e. The fraction of sp³-hybridized carbons (Fsp3) is 0.469. The molecular weight excluding hydrogens is 571 g/mol. The van der Waals surface area contributed by atoms with Gasteiger partial charge >= 0.3 is 6.01 Å². The highest BCUT2D eigenvalue weighted by atomic mass is 35.5. The number of rotatable bonds is 8. The number of amides is 1. The van der Waals surface area contributed by atoms with E-state index in [4.69, 9.17) is 31.0 Å². The molecule has 3 aromatic rings. The molecule has 3 saturated heterocycles. The van der Waals surface area contributed by atoms with Gasteiger partial charge in [-0.15, -0.1) is 0 Å². The Labute approximate surface area is 255 Å². The zero-order valence-electron chi connectivity index (χ0n) is 24.2. The van der Waals surface area contributed by atoms with Gasteiger partial charge in [0.1, 0.15) is 5.82 Å². The van der Waals surface area contributed by atoms with Gasteiger partial charge in [0.15, 0.2) is 5.83 Å². The third-order valence-electron chi connectivity index (χ3n) is 9.13. The first-order chi connectivity index (χ1) is 20.9. The number of aromatic nitrogens is 2. The standard InChI is InChI=1S/C32H36ClFN6O3/c1-21(34)31(41)38-14-12-37(13-15-38)30-25-9-11-40(28-8-3-6-22-5-2-7-26(33)29(22)28)19-27(25)35-32(36-30)42-16-4-10-39-18-24-17-23(39)20-43-24/h2-3,5-8,23-24H,1,4,9-20H2/t23-,24-/m0/s1. The van der Waals surface area contributed by atoms with Crippen molar-refractivity contribution in [1.29, 1.82) is 0 Å². The van der Waals surface area contributed by atoms with Crippen LogP contribution in [0, 0.1) is 0 Å². The van der Waals surface area contributed by atoms with Crippen molar-refractivity contribution < 1.29 is 18.7 Å². The summed E-state index contributed by atoms with van der Waals surface area (Å²) in [6.07, 6.45) is 3.16. The number of hydrogen-bond donors (Lipinski definition) is 0. The molecule has 11 heteroatoms. The zero-order chi connectivity index (χ0) is 29.5. The second kappa shape index (κ2) is 11.9. The van der Waals surface area contributed by atoms with Crippen LogP contribution in [0.1, 0.15) is 24.1 Å². The van der Waals surface area contributed by atoms with Crippen LogP contribution in [0.3, 0.4) is 0 Å². The number of fused-ring (bicyclic) bond motifs is 4. The number of hydrogen-bond acceptors (Lipinski definition) is 8. The maximum absolute atomic E-state index is 13.5. The molecule has 2 aromatic carbocycles. The van der Waals surface area contributed by atoms with E-state index in [1.807, 2.05) is 12.1 Å². The lowest BCUT2D eigenvalue weighted by Crippen LogP contribution is -2.49. The molecule has 0 radical (unpaired) electrons. The molecule has 7 rings (SSSR count). The minimum absolute atomic E-state index is 0.369. The highest BCUT2D eigenvalue weighted by Crippen LogP contribution is 2.37. The molecule has 226 valence electrons. The molecule has 3 fully saturated rings. The van der Waals surface area contributed by atoms with Crippen LogP contribution >= 0.6 is 11.6 Å². The molecule has 1 amide bonds. The lowest BCUT2D eigenvalue weighted by atomic mass is 10.0. The van der Waals surface area contributed by atoms with E-state index in [0.717, 1.165) is 84.1 Å². The summed E-state index contributed by atoms with van der Waals surface area (Å²) in [5, 5.41) is 2.87. The minimum atomic E-state index is -0.925. The maximum atomic E-state index is 13.5. The van der Waals surface area contributed by atoms with E-state index in [0.29, 0.717) is 57.5 Å². The molecule has 0 saturated carbocycles. The number of carbonyl (C=O) groups is 1. The summed E-state index contributed by atoms with van der Waals surface area (Å²) in [6.45, 7) is 9.78. The number of likely N-dealkylation sites (tertiary alicyclic amines) is 1. The average Bonchev–Trinajstić information content (AvgIpc) is 3.66. The summed E-state index contributed by atoms with van der Waals surface area (Å²) in [5.41, 5.74) is 3.11. The van der Waals surface area contributed by atoms with Crippen LogP contribution in [-0.4, -0.2) is 96.8 Å². The van der Waals surface area contributed by atoms with Crippen molar-refractivity contribution >= 4 is 39.8 Å². The van der Waals surface area contributed by atoms with Crippen molar-refractivity contribution in [3.05, 3.63) is 65.1 Å². The topological polar surface area (TPSA) is 74.3 Å². The summed E-state index contributed by atoms with van der Waals surface area (Å²) in [7, 11) is 0. The maximum Gasteiger partial charge on any atom is 0.318 e. The highest BCUT2D eigenvalue weighted by molar-refractivity contribution is 6.36. The first-order valence-electron chi connectivity index (χ1n) is 15.1. The Morgan fingerprint density at radius 1 is 1.09 bits per heavy atom. The van der Waals surface area contributed by atoms with Gasteiger partial charge in [-0.25, -0.2) is 4.39 Å². The monoisotopic (exact) mass is 606 g/mol. The van der Waals surface area contributed by atoms with Gasteiger partial charge in [0, 0.05) is 68.5 Å². The van der Waals surface area contributed by atoms with Gasteiger partial charge in [0.25, 0.3) is 5.91 Å². The van der Waals surface area contributed by atoms with Crippen LogP contribution in [0.5, 0.6) is 6.01 Å². The van der Waals surface area contributed by atoms with E-state index < -0.39 is 11.7 Å². The lowest BCUT2D eigenvalue weighted by molar-refractivity contribution is -0.128. The summed E-state index contributed by atoms with van der Waals surface area (Å²) < 4.78 is 25.4. The van der Waals surface area contributed by atoms with Crippen LogP contribution in [0.25, 0.3) is 10.8 Å². The molecule has 0 aliphatic carbocycles. The Balaban J connectivity index is 1.12. The number of carbonyl (C=O) groups excluding carboxylic acids is 1. The first-order valence-corrected chi connectivity index (χ1v) is 15.5. The Morgan fingerprint density at radius 2 is 1.91 bits per heavy atom. The molecule has 0 unspecified atom stereocenters. The number of morpholine rings is 1. The molecule has 4 aliphatic heterocycles. The minimum Gasteiger partial charge on any atom is -0.463 e. The predicted molar refractivity (Wildman–Crippen MR) is 165 cm³/mol. The van der Waals surface area contributed by atoms with Crippen molar-refractivity contribution in [1.82, 2.24) is 19.8 Å². The number of benzene rings is 2. The zero-order valence-corrected chi connectivity index (χ0v) is 24.9. The molecule has 0 spiro atoms. The second-order valence-corrected chi connectivity index (χ2v) is 12.2. The van der Waals surface area contributed by atoms with Gasteiger partial charge < -0.3 is 24.2 Å². The van der Waals surface area contributed by atoms with Crippen molar-refractivity contribution in [2.45, 2.75) is 38.0 Å². The summed E-state index contributed by atoms with van der Waals surface area (Å²) in [6, 6.07) is 13.1. The molecule has 4 aliphatic rings. The van der Waals surface area contributed by atoms with Crippen molar-refractivity contribution in [2.75, 3.05) is 68.8 Å². The van der Waals surface area contributed by atoms with Crippen LogP contribution in [0.2, 0.25) is 5.02 Å². The van der Waals surface area contributed by atoms with Gasteiger partial charge in [-0.05, 0) is 36.8 Å². The Morgan fingerprint density at radius 3 is 2.65 bits per heavy atom. The van der Waals surface area contributed by atoms with Crippen LogP contribution in [0.4, 0.5) is 15.9 Å². The highest BCUT2D eigenvalue weighted by Gasteiger charge is 2.38. The van der Waals surface area contributed by atoms with Gasteiger partial charge in [-0.3, -0.25) is 9.69 Å². The number of piperazine rings is 1. The number of halogens is 2.